The molecule has 0 atom stereocenters. The highest BCUT2D eigenvalue weighted by atomic mass is 15.3. The number of hydrogen-bond acceptors (Lipinski definition) is 2. The molecule has 3 heterocycles. The lowest BCUT2D eigenvalue weighted by Gasteiger charge is -2.39. The second-order valence-corrected chi connectivity index (χ2v) is 10.1. The van der Waals surface area contributed by atoms with Crippen LogP contribution in [0.5, 0.6) is 0 Å². The second-order valence-electron chi connectivity index (χ2n) is 10.1. The fraction of sp³-hybridized carbons (Fsp3) is 0.696. The Morgan fingerprint density at radius 2 is 1.44 bits per heavy atom. The van der Waals surface area contributed by atoms with Crippen LogP contribution in [0.15, 0.2) is 36.8 Å². The topological polar surface area (TPSA) is 26.0 Å². The van der Waals surface area contributed by atoms with Gasteiger partial charge >= 0.3 is 0 Å². The highest BCUT2D eigenvalue weighted by Gasteiger charge is 2.33. The van der Waals surface area contributed by atoms with E-state index in [0.717, 1.165) is 12.8 Å². The normalized spacial score (nSPS) is 17.0. The van der Waals surface area contributed by atoms with E-state index in [1.807, 2.05) is 6.20 Å². The molecule has 0 saturated carbocycles. The zero-order chi connectivity index (χ0) is 19.7. The predicted molar refractivity (Wildman–Crippen MR) is 113 cm³/mol. The molecular formula is C23H38N4. The van der Waals surface area contributed by atoms with Crippen molar-refractivity contribution < 1.29 is 0 Å². The van der Waals surface area contributed by atoms with Crippen LogP contribution in [0, 0.1) is 0 Å². The zero-order valence-electron chi connectivity index (χ0n) is 18.2. The summed E-state index contributed by atoms with van der Waals surface area (Å²) in [5.41, 5.74) is 1.64. The molecule has 2 aromatic heterocycles. The number of nitrogens with zero attached hydrogens (tertiary/aromatic N) is 4. The van der Waals surface area contributed by atoms with Crippen LogP contribution in [0.3, 0.4) is 0 Å². The summed E-state index contributed by atoms with van der Waals surface area (Å²) in [7, 11) is 0. The molecule has 1 aliphatic rings. The molecule has 0 bridgehead atoms. The van der Waals surface area contributed by atoms with Crippen LogP contribution in [0.1, 0.15) is 72.9 Å². The highest BCUT2D eigenvalue weighted by molar-refractivity contribution is 5.09. The molecule has 0 unspecified atom stereocenters. The molecule has 27 heavy (non-hydrogen) atoms. The molecule has 150 valence electrons. The molecular weight excluding hydrogens is 332 g/mol. The maximum atomic E-state index is 4.75. The molecule has 3 rings (SSSR count). The van der Waals surface area contributed by atoms with Gasteiger partial charge in [0.25, 0.3) is 0 Å². The van der Waals surface area contributed by atoms with Crippen molar-refractivity contribution in [2.24, 2.45) is 0 Å². The summed E-state index contributed by atoms with van der Waals surface area (Å²) in [5, 5.41) is 4.75. The summed E-state index contributed by atoms with van der Waals surface area (Å²) in [5.74, 6) is 0. The second kappa shape index (κ2) is 7.46. The molecule has 4 nitrogen and oxygen atoms in total. The first-order valence-electron chi connectivity index (χ1n) is 10.5. The monoisotopic (exact) mass is 370 g/mol. The third kappa shape index (κ3) is 4.48. The van der Waals surface area contributed by atoms with Crippen LogP contribution < -0.4 is 0 Å². The first kappa shape index (κ1) is 20.2. The molecule has 0 radical (unpaired) electrons. The largest absolute Gasteiger partial charge is 0.348 e. The molecule has 1 aliphatic heterocycles. The minimum absolute atomic E-state index is 0.0165. The molecule has 1 saturated heterocycles. The molecule has 0 amide bonds. The van der Waals surface area contributed by atoms with Gasteiger partial charge in [-0.15, -0.1) is 0 Å². The Labute approximate surface area is 165 Å². The van der Waals surface area contributed by atoms with Gasteiger partial charge in [0.05, 0.1) is 5.54 Å². The van der Waals surface area contributed by atoms with E-state index in [2.05, 4.69) is 86.3 Å². The van der Waals surface area contributed by atoms with Gasteiger partial charge in [-0.2, -0.15) is 5.10 Å². The first-order valence-corrected chi connectivity index (χ1v) is 10.5. The molecule has 0 spiro atoms. The molecule has 1 fully saturated rings. The van der Waals surface area contributed by atoms with E-state index in [1.54, 1.807) is 0 Å². The number of hydrogen-bond donors (Lipinski definition) is 0. The van der Waals surface area contributed by atoms with Crippen LogP contribution in [0.25, 0.3) is 0 Å². The van der Waals surface area contributed by atoms with Crippen molar-refractivity contribution >= 4 is 0 Å². The quantitative estimate of drug-likeness (QED) is 0.650. The lowest BCUT2D eigenvalue weighted by Crippen LogP contribution is -2.43. The Bertz CT molecular complexity index is 715. The maximum Gasteiger partial charge on any atom is 0.0575 e. The summed E-state index contributed by atoms with van der Waals surface area (Å²) >= 11 is 0. The number of aromatic nitrogens is 3. The van der Waals surface area contributed by atoms with Crippen molar-refractivity contribution in [1.29, 1.82) is 0 Å². The van der Waals surface area contributed by atoms with Crippen molar-refractivity contribution in [3.63, 3.8) is 0 Å². The zero-order valence-corrected chi connectivity index (χ0v) is 18.2. The summed E-state index contributed by atoms with van der Waals surface area (Å²) < 4.78 is 4.58. The molecule has 0 aromatic carbocycles. The van der Waals surface area contributed by atoms with E-state index in [1.165, 1.54) is 38.0 Å². The van der Waals surface area contributed by atoms with E-state index < -0.39 is 0 Å². The SMILES string of the molecule is CC(C)(CCC(C)(C)n1nccc1CC(C)(C)n1cccc1)N1CCCC1. The van der Waals surface area contributed by atoms with Gasteiger partial charge in [0.15, 0.2) is 0 Å². The fourth-order valence-electron chi connectivity index (χ4n) is 4.48. The highest BCUT2D eigenvalue weighted by Crippen LogP contribution is 2.32. The van der Waals surface area contributed by atoms with Gasteiger partial charge in [-0.25, -0.2) is 0 Å². The average molecular weight is 371 g/mol. The maximum absolute atomic E-state index is 4.75. The predicted octanol–water partition coefficient (Wildman–Crippen LogP) is 5.05. The number of rotatable bonds is 8. The van der Waals surface area contributed by atoms with Gasteiger partial charge in [0.2, 0.25) is 0 Å². The summed E-state index contributed by atoms with van der Waals surface area (Å²) in [6.45, 7) is 16.6. The van der Waals surface area contributed by atoms with Crippen LogP contribution in [-0.2, 0) is 17.5 Å². The van der Waals surface area contributed by atoms with Crippen LogP contribution in [0.4, 0.5) is 0 Å². The summed E-state index contributed by atoms with van der Waals surface area (Å²) in [6, 6.07) is 6.39. The van der Waals surface area contributed by atoms with E-state index in [-0.39, 0.29) is 16.6 Å². The van der Waals surface area contributed by atoms with Gasteiger partial charge in [0, 0.05) is 41.8 Å². The third-order valence-corrected chi connectivity index (χ3v) is 6.52. The molecule has 0 N–H and O–H groups in total. The Hall–Kier alpha value is -1.55. The third-order valence-electron chi connectivity index (χ3n) is 6.52. The van der Waals surface area contributed by atoms with E-state index in [9.17, 15) is 0 Å². The van der Waals surface area contributed by atoms with Crippen molar-refractivity contribution in [1.82, 2.24) is 19.2 Å². The van der Waals surface area contributed by atoms with Gasteiger partial charge in [-0.3, -0.25) is 9.58 Å². The number of likely N-dealkylation sites (tertiary alicyclic amines) is 1. The smallest absolute Gasteiger partial charge is 0.0575 e. The van der Waals surface area contributed by atoms with Crippen molar-refractivity contribution in [2.45, 2.75) is 90.3 Å². The van der Waals surface area contributed by atoms with E-state index in [0.29, 0.717) is 0 Å². The molecule has 0 aliphatic carbocycles. The van der Waals surface area contributed by atoms with E-state index >= 15 is 0 Å². The molecule has 4 heteroatoms. The van der Waals surface area contributed by atoms with Crippen molar-refractivity contribution in [3.8, 4) is 0 Å². The Balaban J connectivity index is 1.71. The lowest BCUT2D eigenvalue weighted by atomic mass is 9.88. The standard InChI is InChI=1S/C23H38N4/c1-21(2,25-15-7-8-16-25)12-13-22(3,4)27-20(11-14-24-27)19-23(5,6)26-17-9-10-18-26/h9-11,14,17-18H,7-8,12-13,15-16,19H2,1-6H3. The van der Waals surface area contributed by atoms with Gasteiger partial charge < -0.3 is 4.57 Å². The fourth-order valence-corrected chi connectivity index (χ4v) is 4.48. The first-order chi connectivity index (χ1) is 12.6. The Morgan fingerprint density at radius 3 is 2.07 bits per heavy atom. The minimum Gasteiger partial charge on any atom is -0.348 e. The lowest BCUT2D eigenvalue weighted by molar-refractivity contribution is 0.121. The van der Waals surface area contributed by atoms with Gasteiger partial charge in [-0.1, -0.05) is 0 Å². The van der Waals surface area contributed by atoms with Crippen molar-refractivity contribution in [2.75, 3.05) is 13.1 Å². The van der Waals surface area contributed by atoms with Gasteiger partial charge in [-0.05, 0) is 98.5 Å². The van der Waals surface area contributed by atoms with Crippen LogP contribution in [0.2, 0.25) is 0 Å². The Morgan fingerprint density at radius 1 is 0.852 bits per heavy atom. The molecule has 2 aromatic rings. The minimum atomic E-state index is 0.0165. The van der Waals surface area contributed by atoms with Crippen LogP contribution in [-0.4, -0.2) is 37.9 Å². The van der Waals surface area contributed by atoms with E-state index in [4.69, 9.17) is 5.10 Å². The van der Waals surface area contributed by atoms with Crippen LogP contribution >= 0.6 is 0 Å². The van der Waals surface area contributed by atoms with Crippen molar-refractivity contribution in [3.05, 3.63) is 42.5 Å². The van der Waals surface area contributed by atoms with Gasteiger partial charge in [0.1, 0.15) is 0 Å². The Kier molecular flexibility index (Phi) is 5.58. The summed E-state index contributed by atoms with van der Waals surface area (Å²) in [6.07, 6.45) is 12.3. The average Bonchev–Trinajstić information content (AvgIpc) is 3.32. The summed E-state index contributed by atoms with van der Waals surface area (Å²) in [4.78, 5) is 2.67.